The van der Waals surface area contributed by atoms with Crippen molar-refractivity contribution in [2.45, 2.75) is 18.8 Å². The van der Waals surface area contributed by atoms with Crippen molar-refractivity contribution in [3.63, 3.8) is 0 Å². The van der Waals surface area contributed by atoms with Crippen LogP contribution >= 0.6 is 0 Å². The van der Waals surface area contributed by atoms with Crippen LogP contribution in [0.5, 0.6) is 0 Å². The monoisotopic (exact) mass is 334 g/mol. The van der Waals surface area contributed by atoms with E-state index in [-0.39, 0.29) is 19.1 Å². The van der Waals surface area contributed by atoms with Crippen LogP contribution in [-0.2, 0) is 25.6 Å². The Labute approximate surface area is 140 Å². The molecule has 2 heterocycles. The molecule has 2 aliphatic rings. The molecule has 2 aliphatic heterocycles. The molecule has 130 valence electrons. The molecule has 2 fully saturated rings. The van der Waals surface area contributed by atoms with Gasteiger partial charge in [-0.05, 0) is 5.56 Å². The minimum Gasteiger partial charge on any atom is -0.445 e. The topological polar surface area (TPSA) is 77.1 Å². The van der Waals surface area contributed by atoms with Crippen molar-refractivity contribution in [3.05, 3.63) is 35.9 Å². The SMILES string of the molecule is CNC(=O)C1CN(C(=O)OCc2ccccc2)CCC12OCCO2. The van der Waals surface area contributed by atoms with Gasteiger partial charge in [-0.2, -0.15) is 0 Å². The number of rotatable bonds is 3. The van der Waals surface area contributed by atoms with Gasteiger partial charge in [0.15, 0.2) is 5.79 Å². The first-order valence-electron chi connectivity index (χ1n) is 8.10. The average Bonchev–Trinajstić information content (AvgIpc) is 3.09. The maximum absolute atomic E-state index is 12.3. The van der Waals surface area contributed by atoms with Crippen molar-refractivity contribution in [1.29, 1.82) is 0 Å². The highest BCUT2D eigenvalue weighted by molar-refractivity contribution is 5.81. The average molecular weight is 334 g/mol. The second kappa shape index (κ2) is 7.19. The van der Waals surface area contributed by atoms with Crippen LogP contribution in [0.15, 0.2) is 30.3 Å². The zero-order valence-electron chi connectivity index (χ0n) is 13.7. The van der Waals surface area contributed by atoms with Gasteiger partial charge >= 0.3 is 6.09 Å². The van der Waals surface area contributed by atoms with Crippen molar-refractivity contribution in [3.8, 4) is 0 Å². The smallest absolute Gasteiger partial charge is 0.410 e. The molecule has 1 spiro atoms. The zero-order valence-corrected chi connectivity index (χ0v) is 13.7. The summed E-state index contributed by atoms with van der Waals surface area (Å²) in [6, 6.07) is 9.48. The number of piperidine rings is 1. The van der Waals surface area contributed by atoms with Crippen LogP contribution in [0.1, 0.15) is 12.0 Å². The second-order valence-electron chi connectivity index (χ2n) is 5.91. The van der Waals surface area contributed by atoms with Gasteiger partial charge in [0, 0.05) is 26.6 Å². The Balaban J connectivity index is 1.62. The van der Waals surface area contributed by atoms with Crippen molar-refractivity contribution in [2.75, 3.05) is 33.4 Å². The van der Waals surface area contributed by atoms with Gasteiger partial charge in [0.05, 0.1) is 13.2 Å². The Morgan fingerprint density at radius 2 is 2.00 bits per heavy atom. The van der Waals surface area contributed by atoms with E-state index in [1.807, 2.05) is 30.3 Å². The number of ether oxygens (including phenoxy) is 3. The predicted octanol–water partition coefficient (Wildman–Crippen LogP) is 1.13. The van der Waals surface area contributed by atoms with Gasteiger partial charge in [-0.15, -0.1) is 0 Å². The lowest BCUT2D eigenvalue weighted by Crippen LogP contribution is -2.58. The van der Waals surface area contributed by atoms with Crippen LogP contribution in [0, 0.1) is 5.92 Å². The van der Waals surface area contributed by atoms with Gasteiger partial charge in [-0.1, -0.05) is 30.3 Å². The van der Waals surface area contributed by atoms with Crippen molar-refractivity contribution >= 4 is 12.0 Å². The summed E-state index contributed by atoms with van der Waals surface area (Å²) in [4.78, 5) is 26.1. The summed E-state index contributed by atoms with van der Waals surface area (Å²) >= 11 is 0. The minimum absolute atomic E-state index is 0.197. The Morgan fingerprint density at radius 3 is 2.67 bits per heavy atom. The summed E-state index contributed by atoms with van der Waals surface area (Å²) in [5.41, 5.74) is 0.921. The lowest BCUT2D eigenvalue weighted by molar-refractivity contribution is -0.217. The number of nitrogens with zero attached hydrogens (tertiary/aromatic N) is 1. The molecular weight excluding hydrogens is 312 g/mol. The van der Waals surface area contributed by atoms with Gasteiger partial charge < -0.3 is 24.4 Å². The number of carbonyl (C=O) groups excluding carboxylic acids is 2. The van der Waals surface area contributed by atoms with E-state index in [9.17, 15) is 9.59 Å². The number of likely N-dealkylation sites (tertiary alicyclic amines) is 1. The highest BCUT2D eigenvalue weighted by Gasteiger charge is 2.52. The summed E-state index contributed by atoms with van der Waals surface area (Å²) in [5, 5.41) is 2.63. The van der Waals surface area contributed by atoms with Crippen molar-refractivity contribution in [2.24, 2.45) is 5.92 Å². The molecular formula is C17H22N2O5. The molecule has 1 N–H and O–H groups in total. The molecule has 7 nitrogen and oxygen atoms in total. The molecule has 2 amide bonds. The van der Waals surface area contributed by atoms with Crippen LogP contribution in [0.4, 0.5) is 4.79 Å². The van der Waals surface area contributed by atoms with E-state index in [2.05, 4.69) is 5.32 Å². The van der Waals surface area contributed by atoms with Gasteiger partial charge in [0.1, 0.15) is 12.5 Å². The maximum Gasteiger partial charge on any atom is 0.410 e. The van der Waals surface area contributed by atoms with E-state index in [1.165, 1.54) is 0 Å². The highest BCUT2D eigenvalue weighted by atomic mass is 16.7. The van der Waals surface area contributed by atoms with E-state index in [1.54, 1.807) is 11.9 Å². The molecule has 1 unspecified atom stereocenters. The fraction of sp³-hybridized carbons (Fsp3) is 0.529. The fourth-order valence-electron chi connectivity index (χ4n) is 3.17. The molecule has 1 aromatic carbocycles. The number of carbonyl (C=O) groups is 2. The Bertz CT molecular complexity index is 586. The molecule has 2 saturated heterocycles. The number of hydrogen-bond acceptors (Lipinski definition) is 5. The lowest BCUT2D eigenvalue weighted by atomic mass is 9.90. The Kier molecular flexibility index (Phi) is 5.01. The minimum atomic E-state index is -0.920. The van der Waals surface area contributed by atoms with Gasteiger partial charge in [0.25, 0.3) is 0 Å². The summed E-state index contributed by atoms with van der Waals surface area (Å²) in [6.07, 6.45) is 0.0199. The molecule has 0 radical (unpaired) electrons. The number of amides is 2. The zero-order chi connectivity index (χ0) is 17.0. The number of benzene rings is 1. The second-order valence-corrected chi connectivity index (χ2v) is 5.91. The lowest BCUT2D eigenvalue weighted by Gasteiger charge is -2.42. The molecule has 0 aliphatic carbocycles. The van der Waals surface area contributed by atoms with Crippen LogP contribution < -0.4 is 5.32 Å². The van der Waals surface area contributed by atoms with E-state index < -0.39 is 17.8 Å². The van der Waals surface area contributed by atoms with E-state index in [0.29, 0.717) is 26.2 Å². The molecule has 1 atom stereocenters. The molecule has 24 heavy (non-hydrogen) atoms. The quantitative estimate of drug-likeness (QED) is 0.897. The number of hydrogen-bond donors (Lipinski definition) is 1. The summed E-state index contributed by atoms with van der Waals surface area (Å²) in [7, 11) is 1.57. The first kappa shape index (κ1) is 16.7. The molecule has 0 bridgehead atoms. The third kappa shape index (κ3) is 3.37. The van der Waals surface area contributed by atoms with E-state index in [0.717, 1.165) is 5.56 Å². The third-order valence-corrected chi connectivity index (χ3v) is 4.47. The van der Waals surface area contributed by atoms with Crippen molar-refractivity contribution in [1.82, 2.24) is 10.2 Å². The number of nitrogens with one attached hydrogen (secondary N) is 1. The molecule has 7 heteroatoms. The van der Waals surface area contributed by atoms with Crippen LogP contribution in [0.3, 0.4) is 0 Å². The summed E-state index contributed by atoms with van der Waals surface area (Å²) in [5.74, 6) is -1.68. The third-order valence-electron chi connectivity index (χ3n) is 4.47. The summed E-state index contributed by atoms with van der Waals surface area (Å²) in [6.45, 7) is 1.78. The standard InChI is InChI=1S/C17H22N2O5/c1-18-15(20)14-11-19(8-7-17(14)23-9-10-24-17)16(21)22-12-13-5-3-2-4-6-13/h2-6,14H,7-12H2,1H3,(H,18,20). The van der Waals surface area contributed by atoms with E-state index >= 15 is 0 Å². The maximum atomic E-state index is 12.3. The Morgan fingerprint density at radius 1 is 1.29 bits per heavy atom. The molecule has 1 aromatic rings. The molecule has 0 aromatic heterocycles. The van der Waals surface area contributed by atoms with Crippen molar-refractivity contribution < 1.29 is 23.8 Å². The Hall–Kier alpha value is -2.12. The molecule has 0 saturated carbocycles. The normalized spacial score (nSPS) is 22.4. The van der Waals surface area contributed by atoms with Crippen LogP contribution in [-0.4, -0.2) is 56.0 Å². The fourth-order valence-corrected chi connectivity index (χ4v) is 3.17. The van der Waals surface area contributed by atoms with E-state index in [4.69, 9.17) is 14.2 Å². The van der Waals surface area contributed by atoms with Gasteiger partial charge in [0.2, 0.25) is 5.91 Å². The van der Waals surface area contributed by atoms with Gasteiger partial charge in [-0.3, -0.25) is 4.79 Å². The van der Waals surface area contributed by atoms with Crippen LogP contribution in [0.2, 0.25) is 0 Å². The summed E-state index contributed by atoms with van der Waals surface area (Å²) < 4.78 is 16.8. The first-order valence-corrected chi connectivity index (χ1v) is 8.10. The highest BCUT2D eigenvalue weighted by Crippen LogP contribution is 2.36. The molecule has 3 rings (SSSR count). The van der Waals surface area contributed by atoms with Gasteiger partial charge in [-0.25, -0.2) is 4.79 Å². The first-order chi connectivity index (χ1) is 11.6. The largest absolute Gasteiger partial charge is 0.445 e. The predicted molar refractivity (Wildman–Crippen MR) is 85.0 cm³/mol. The van der Waals surface area contributed by atoms with Crippen LogP contribution in [0.25, 0.3) is 0 Å².